The van der Waals surface area contributed by atoms with Crippen molar-refractivity contribution in [2.45, 2.75) is 25.2 Å². The molecule has 0 saturated carbocycles. The highest BCUT2D eigenvalue weighted by Crippen LogP contribution is 2.19. The van der Waals surface area contributed by atoms with E-state index in [1.165, 1.54) is 6.07 Å². The molecule has 0 aliphatic carbocycles. The van der Waals surface area contributed by atoms with E-state index in [9.17, 15) is 4.39 Å². The number of halogens is 2. The maximum Gasteiger partial charge on any atom is 0.159 e. The minimum absolute atomic E-state index is 0.119. The molecule has 1 aromatic carbocycles. The van der Waals surface area contributed by atoms with Crippen molar-refractivity contribution in [3.05, 3.63) is 34.1 Å². The molecule has 0 radical (unpaired) electrons. The number of benzene rings is 1. The Balaban J connectivity index is 1.94. The zero-order chi connectivity index (χ0) is 13.0. The van der Waals surface area contributed by atoms with Gasteiger partial charge in [-0.15, -0.1) is 0 Å². The molecule has 18 heavy (non-hydrogen) atoms. The molecule has 1 aliphatic heterocycles. The van der Waals surface area contributed by atoms with Crippen molar-refractivity contribution in [3.8, 4) is 0 Å². The average molecular weight is 318 g/mol. The van der Waals surface area contributed by atoms with Gasteiger partial charge < -0.3 is 14.8 Å². The van der Waals surface area contributed by atoms with Crippen LogP contribution in [0, 0.1) is 5.82 Å². The second-order valence-corrected chi connectivity index (χ2v) is 5.20. The van der Waals surface area contributed by atoms with Gasteiger partial charge in [-0.1, -0.05) is 6.07 Å². The monoisotopic (exact) mass is 317 g/mol. The topological polar surface area (TPSA) is 30.5 Å². The third-order valence-corrected chi connectivity index (χ3v) is 3.65. The predicted molar refractivity (Wildman–Crippen MR) is 71.0 cm³/mol. The number of rotatable bonds is 5. The molecule has 1 unspecified atom stereocenters. The first-order chi connectivity index (χ1) is 8.69. The zero-order valence-electron chi connectivity index (χ0n) is 10.3. The fraction of sp³-hybridized carbons (Fsp3) is 0.538. The van der Waals surface area contributed by atoms with Gasteiger partial charge in [0, 0.05) is 12.5 Å². The standard InChI is InChI=1S/C13H17BrFNO2/c1-16-10(8-13-17-4-5-18-13)6-9-2-3-12(15)11(14)7-9/h2-3,7,10,13,16H,4-6,8H2,1H3. The minimum Gasteiger partial charge on any atom is -0.350 e. The second-order valence-electron chi connectivity index (χ2n) is 4.35. The van der Waals surface area contributed by atoms with Gasteiger partial charge in [0.25, 0.3) is 0 Å². The van der Waals surface area contributed by atoms with Crippen molar-refractivity contribution in [1.82, 2.24) is 5.32 Å². The lowest BCUT2D eigenvalue weighted by atomic mass is 10.0. The summed E-state index contributed by atoms with van der Waals surface area (Å²) in [5.74, 6) is -0.234. The summed E-state index contributed by atoms with van der Waals surface area (Å²) in [6.07, 6.45) is 1.50. The Morgan fingerprint density at radius 1 is 1.44 bits per heavy atom. The molecule has 1 atom stereocenters. The first-order valence-corrected chi connectivity index (χ1v) is 6.82. The number of ether oxygens (including phenoxy) is 2. The van der Waals surface area contributed by atoms with E-state index in [1.807, 2.05) is 13.1 Å². The van der Waals surface area contributed by atoms with Crippen molar-refractivity contribution >= 4 is 15.9 Å². The molecule has 1 heterocycles. The highest BCUT2D eigenvalue weighted by molar-refractivity contribution is 9.10. The van der Waals surface area contributed by atoms with Gasteiger partial charge in [-0.25, -0.2) is 4.39 Å². The van der Waals surface area contributed by atoms with Crippen molar-refractivity contribution in [2.75, 3.05) is 20.3 Å². The van der Waals surface area contributed by atoms with Crippen LogP contribution in [-0.2, 0) is 15.9 Å². The van der Waals surface area contributed by atoms with Crippen LogP contribution < -0.4 is 5.32 Å². The molecule has 2 rings (SSSR count). The summed E-state index contributed by atoms with van der Waals surface area (Å²) in [7, 11) is 1.91. The third-order valence-electron chi connectivity index (χ3n) is 3.04. The predicted octanol–water partition coefficient (Wildman–Crippen LogP) is 2.48. The Hall–Kier alpha value is -0.490. The highest BCUT2D eigenvalue weighted by atomic mass is 79.9. The maximum absolute atomic E-state index is 13.1. The van der Waals surface area contributed by atoms with E-state index in [2.05, 4.69) is 21.2 Å². The smallest absolute Gasteiger partial charge is 0.159 e. The molecule has 5 heteroatoms. The van der Waals surface area contributed by atoms with Gasteiger partial charge in [-0.3, -0.25) is 0 Å². The zero-order valence-corrected chi connectivity index (χ0v) is 11.9. The molecule has 1 fully saturated rings. The Morgan fingerprint density at radius 2 is 2.17 bits per heavy atom. The van der Waals surface area contributed by atoms with Gasteiger partial charge in [0.15, 0.2) is 6.29 Å². The first-order valence-electron chi connectivity index (χ1n) is 6.03. The fourth-order valence-corrected chi connectivity index (χ4v) is 2.46. The quantitative estimate of drug-likeness (QED) is 0.905. The summed E-state index contributed by atoms with van der Waals surface area (Å²) in [4.78, 5) is 0. The largest absolute Gasteiger partial charge is 0.350 e. The SMILES string of the molecule is CNC(Cc1ccc(F)c(Br)c1)CC1OCCO1. The number of likely N-dealkylation sites (N-methyl/N-ethyl adjacent to an activating group) is 1. The van der Waals surface area contributed by atoms with Crippen molar-refractivity contribution < 1.29 is 13.9 Å². The molecule has 1 aliphatic rings. The lowest BCUT2D eigenvalue weighted by Crippen LogP contribution is -2.32. The van der Waals surface area contributed by atoms with Gasteiger partial charge in [0.2, 0.25) is 0 Å². The lowest BCUT2D eigenvalue weighted by Gasteiger charge is -2.19. The van der Waals surface area contributed by atoms with E-state index in [0.29, 0.717) is 17.7 Å². The first kappa shape index (κ1) is 13.9. The molecule has 0 spiro atoms. The summed E-state index contributed by atoms with van der Waals surface area (Å²) in [5.41, 5.74) is 1.08. The molecule has 3 nitrogen and oxygen atoms in total. The molecule has 0 aromatic heterocycles. The average Bonchev–Trinajstić information content (AvgIpc) is 2.86. The van der Waals surface area contributed by atoms with Crippen LogP contribution in [0.5, 0.6) is 0 Å². The van der Waals surface area contributed by atoms with Crippen LogP contribution in [0.25, 0.3) is 0 Å². The van der Waals surface area contributed by atoms with Gasteiger partial charge in [0.05, 0.1) is 17.7 Å². The van der Waals surface area contributed by atoms with E-state index in [-0.39, 0.29) is 18.1 Å². The molecule has 0 amide bonds. The summed E-state index contributed by atoms with van der Waals surface area (Å²) >= 11 is 3.20. The van der Waals surface area contributed by atoms with Crippen LogP contribution in [0.4, 0.5) is 4.39 Å². The van der Waals surface area contributed by atoms with Crippen LogP contribution in [0.3, 0.4) is 0 Å². The Kier molecular flexibility index (Phi) is 5.12. The van der Waals surface area contributed by atoms with Gasteiger partial charge in [-0.2, -0.15) is 0 Å². The molecule has 1 aromatic rings. The maximum atomic E-state index is 13.1. The molecular formula is C13H17BrFNO2. The van der Waals surface area contributed by atoms with Crippen LogP contribution >= 0.6 is 15.9 Å². The van der Waals surface area contributed by atoms with E-state index < -0.39 is 0 Å². The second kappa shape index (κ2) is 6.61. The van der Waals surface area contributed by atoms with Crippen LogP contribution in [0.1, 0.15) is 12.0 Å². The number of hydrogen-bond acceptors (Lipinski definition) is 3. The van der Waals surface area contributed by atoms with Crippen LogP contribution in [0.15, 0.2) is 22.7 Å². The van der Waals surface area contributed by atoms with Crippen LogP contribution in [0.2, 0.25) is 0 Å². The van der Waals surface area contributed by atoms with Crippen molar-refractivity contribution in [2.24, 2.45) is 0 Å². The molecule has 1 saturated heterocycles. The summed E-state index contributed by atoms with van der Waals surface area (Å²) in [6.45, 7) is 1.34. The molecule has 0 bridgehead atoms. The molecule has 100 valence electrons. The van der Waals surface area contributed by atoms with E-state index >= 15 is 0 Å². The Labute approximate surface area is 115 Å². The normalized spacial score (nSPS) is 18.2. The number of hydrogen-bond donors (Lipinski definition) is 1. The third kappa shape index (κ3) is 3.75. The highest BCUT2D eigenvalue weighted by Gasteiger charge is 2.20. The summed E-state index contributed by atoms with van der Waals surface area (Å²) in [6, 6.07) is 5.36. The van der Waals surface area contributed by atoms with E-state index in [0.717, 1.165) is 18.4 Å². The lowest BCUT2D eigenvalue weighted by molar-refractivity contribution is -0.0522. The summed E-state index contributed by atoms with van der Waals surface area (Å²) in [5, 5.41) is 3.24. The van der Waals surface area contributed by atoms with Crippen molar-refractivity contribution in [3.63, 3.8) is 0 Å². The minimum atomic E-state index is -0.234. The molecular weight excluding hydrogens is 301 g/mol. The fourth-order valence-electron chi connectivity index (χ4n) is 2.03. The number of nitrogens with one attached hydrogen (secondary N) is 1. The molecule has 1 N–H and O–H groups in total. The van der Waals surface area contributed by atoms with Gasteiger partial charge >= 0.3 is 0 Å². The van der Waals surface area contributed by atoms with E-state index in [1.54, 1.807) is 6.07 Å². The van der Waals surface area contributed by atoms with Gasteiger partial charge in [0.1, 0.15) is 5.82 Å². The van der Waals surface area contributed by atoms with E-state index in [4.69, 9.17) is 9.47 Å². The Morgan fingerprint density at radius 3 is 2.78 bits per heavy atom. The van der Waals surface area contributed by atoms with Gasteiger partial charge in [-0.05, 0) is 47.1 Å². The van der Waals surface area contributed by atoms with Crippen molar-refractivity contribution in [1.29, 1.82) is 0 Å². The Bertz CT molecular complexity index is 397. The summed E-state index contributed by atoms with van der Waals surface area (Å²) < 4.78 is 24.5. The van der Waals surface area contributed by atoms with Crippen LogP contribution in [-0.4, -0.2) is 32.6 Å².